The largest absolute Gasteiger partial charge is 0.253 e. The van der Waals surface area contributed by atoms with Gasteiger partial charge in [-0.05, 0) is 70.4 Å². The summed E-state index contributed by atoms with van der Waals surface area (Å²) in [6, 6.07) is 12.6. The molecular formula is C23H33NO2S. The van der Waals surface area contributed by atoms with Crippen molar-refractivity contribution in [3.05, 3.63) is 42.1 Å². The third-order valence-corrected chi connectivity index (χ3v) is 8.83. The maximum absolute atomic E-state index is 12.4. The first-order chi connectivity index (χ1) is 12.7. The molecule has 0 unspecified atom stereocenters. The lowest BCUT2D eigenvalue weighted by Gasteiger charge is -2.30. The lowest BCUT2D eigenvalue weighted by molar-refractivity contribution is 0.274. The van der Waals surface area contributed by atoms with E-state index in [0.717, 1.165) is 30.7 Å². The molecule has 1 aliphatic carbocycles. The van der Waals surface area contributed by atoms with E-state index in [0.29, 0.717) is 11.7 Å². The van der Waals surface area contributed by atoms with Gasteiger partial charge in [0, 0.05) is 11.1 Å². The Balaban J connectivity index is 1.43. The number of pyridine rings is 1. The molecule has 1 aromatic carbocycles. The minimum atomic E-state index is -2.99. The molecule has 0 bridgehead atoms. The number of fused-ring (bicyclic) bond motifs is 1. The number of para-hydroxylation sites is 1. The van der Waals surface area contributed by atoms with Crippen LogP contribution in [0.3, 0.4) is 0 Å². The molecule has 3 rings (SSSR count). The third kappa shape index (κ3) is 5.31. The highest BCUT2D eigenvalue weighted by Gasteiger charge is 2.33. The molecule has 0 radical (unpaired) electrons. The fourth-order valence-electron chi connectivity index (χ4n) is 4.07. The standard InChI is InChI=1S/C23H33NO2S/c1-23(2,3)27(25,26)17-19-13-11-18(12-14-19)7-6-9-21-16-15-20-8-4-5-10-22(20)24-21/h4-5,8,10,15-16,18-19H,6-7,9,11-14,17H2,1-3H3. The second-order valence-corrected chi connectivity index (χ2v) is 12.0. The molecule has 0 atom stereocenters. The van der Waals surface area contributed by atoms with Crippen LogP contribution in [0.1, 0.15) is 65.0 Å². The molecule has 0 saturated heterocycles. The fraction of sp³-hybridized carbons (Fsp3) is 0.609. The van der Waals surface area contributed by atoms with Gasteiger partial charge in [0.2, 0.25) is 0 Å². The lowest BCUT2D eigenvalue weighted by Crippen LogP contribution is -2.34. The molecular weight excluding hydrogens is 354 g/mol. The summed E-state index contributed by atoms with van der Waals surface area (Å²) in [5.41, 5.74) is 2.26. The van der Waals surface area contributed by atoms with Crippen LogP contribution in [0, 0.1) is 11.8 Å². The number of hydrogen-bond donors (Lipinski definition) is 0. The van der Waals surface area contributed by atoms with Crippen LogP contribution < -0.4 is 0 Å². The van der Waals surface area contributed by atoms with Crippen molar-refractivity contribution in [2.24, 2.45) is 11.8 Å². The summed E-state index contributed by atoms with van der Waals surface area (Å²) >= 11 is 0. The van der Waals surface area contributed by atoms with E-state index >= 15 is 0 Å². The zero-order valence-electron chi connectivity index (χ0n) is 16.9. The minimum absolute atomic E-state index is 0.354. The van der Waals surface area contributed by atoms with E-state index in [2.05, 4.69) is 24.3 Å². The molecule has 0 N–H and O–H groups in total. The van der Waals surface area contributed by atoms with Crippen LogP contribution in [0.15, 0.2) is 36.4 Å². The van der Waals surface area contributed by atoms with Crippen LogP contribution in [-0.4, -0.2) is 23.9 Å². The van der Waals surface area contributed by atoms with Crippen LogP contribution in [0.4, 0.5) is 0 Å². The highest BCUT2D eigenvalue weighted by atomic mass is 32.2. The Hall–Kier alpha value is -1.42. The van der Waals surface area contributed by atoms with Crippen molar-refractivity contribution in [2.45, 2.75) is 70.5 Å². The SMILES string of the molecule is CC(C)(C)S(=O)(=O)CC1CCC(CCCc2ccc3ccccc3n2)CC1. The molecule has 148 valence electrons. The van der Waals surface area contributed by atoms with Gasteiger partial charge >= 0.3 is 0 Å². The molecule has 1 aliphatic rings. The number of nitrogens with zero attached hydrogens (tertiary/aromatic N) is 1. The second-order valence-electron chi connectivity index (χ2n) is 9.17. The normalized spacial score (nSPS) is 21.4. The van der Waals surface area contributed by atoms with Crippen LogP contribution in [0.25, 0.3) is 10.9 Å². The molecule has 0 aliphatic heterocycles. The van der Waals surface area contributed by atoms with Crippen molar-refractivity contribution in [1.82, 2.24) is 4.98 Å². The van der Waals surface area contributed by atoms with Gasteiger partial charge in [-0.25, -0.2) is 8.42 Å². The van der Waals surface area contributed by atoms with Crippen LogP contribution in [0.2, 0.25) is 0 Å². The van der Waals surface area contributed by atoms with E-state index in [4.69, 9.17) is 4.98 Å². The number of aryl methyl sites for hydroxylation is 1. The van der Waals surface area contributed by atoms with Crippen molar-refractivity contribution in [1.29, 1.82) is 0 Å². The molecule has 1 heterocycles. The summed E-state index contributed by atoms with van der Waals surface area (Å²) < 4.78 is 24.2. The summed E-state index contributed by atoms with van der Waals surface area (Å²) in [6.45, 7) is 5.44. The molecule has 4 heteroatoms. The van der Waals surface area contributed by atoms with Crippen LogP contribution in [0.5, 0.6) is 0 Å². The Labute approximate surface area is 164 Å². The summed E-state index contributed by atoms with van der Waals surface area (Å²) in [5, 5.41) is 1.20. The summed E-state index contributed by atoms with van der Waals surface area (Å²) in [5.74, 6) is 1.47. The van der Waals surface area contributed by atoms with Gasteiger partial charge in [-0.3, -0.25) is 4.98 Å². The zero-order valence-corrected chi connectivity index (χ0v) is 17.8. The van der Waals surface area contributed by atoms with E-state index in [1.807, 2.05) is 32.9 Å². The molecule has 3 nitrogen and oxygen atoms in total. The average Bonchev–Trinajstić information content (AvgIpc) is 2.62. The molecule has 1 aromatic heterocycles. The first-order valence-corrected chi connectivity index (χ1v) is 12.0. The van der Waals surface area contributed by atoms with E-state index in [9.17, 15) is 8.42 Å². The number of benzene rings is 1. The van der Waals surface area contributed by atoms with Crippen LogP contribution in [-0.2, 0) is 16.3 Å². The third-order valence-electron chi connectivity index (χ3n) is 6.06. The van der Waals surface area contributed by atoms with E-state index in [1.165, 1.54) is 36.8 Å². The van der Waals surface area contributed by atoms with Crippen molar-refractivity contribution < 1.29 is 8.42 Å². The molecule has 27 heavy (non-hydrogen) atoms. The van der Waals surface area contributed by atoms with Gasteiger partial charge in [0.15, 0.2) is 9.84 Å². The van der Waals surface area contributed by atoms with E-state index in [1.54, 1.807) is 0 Å². The minimum Gasteiger partial charge on any atom is -0.253 e. The number of aromatic nitrogens is 1. The molecule has 0 spiro atoms. The van der Waals surface area contributed by atoms with Gasteiger partial charge in [-0.2, -0.15) is 0 Å². The molecule has 1 fully saturated rings. The van der Waals surface area contributed by atoms with Gasteiger partial charge in [0.25, 0.3) is 0 Å². The predicted octanol–water partition coefficient (Wildman–Crippen LogP) is 5.58. The summed E-state index contributed by atoms with van der Waals surface area (Å²) in [6.07, 6.45) is 7.91. The Kier molecular flexibility index (Phi) is 6.25. The predicted molar refractivity (Wildman–Crippen MR) is 114 cm³/mol. The van der Waals surface area contributed by atoms with Gasteiger partial charge in [0.05, 0.1) is 16.0 Å². The topological polar surface area (TPSA) is 47.0 Å². The van der Waals surface area contributed by atoms with Gasteiger partial charge in [-0.1, -0.05) is 43.5 Å². The number of rotatable bonds is 6. The van der Waals surface area contributed by atoms with Gasteiger partial charge in [0.1, 0.15) is 0 Å². The maximum Gasteiger partial charge on any atom is 0.155 e. The molecule has 0 amide bonds. The molecule has 2 aromatic rings. The van der Waals surface area contributed by atoms with Crippen molar-refractivity contribution in [3.8, 4) is 0 Å². The Morgan fingerprint density at radius 3 is 2.33 bits per heavy atom. The van der Waals surface area contributed by atoms with Crippen molar-refractivity contribution in [2.75, 3.05) is 5.75 Å². The first kappa shape index (κ1) is 20.3. The van der Waals surface area contributed by atoms with Crippen molar-refractivity contribution >= 4 is 20.7 Å². The second kappa shape index (κ2) is 8.30. The lowest BCUT2D eigenvalue weighted by atomic mass is 9.80. The average molecular weight is 388 g/mol. The van der Waals surface area contributed by atoms with Crippen molar-refractivity contribution in [3.63, 3.8) is 0 Å². The fourth-order valence-corrected chi connectivity index (χ4v) is 5.52. The Morgan fingerprint density at radius 1 is 0.963 bits per heavy atom. The Morgan fingerprint density at radius 2 is 1.63 bits per heavy atom. The quantitative estimate of drug-likeness (QED) is 0.650. The first-order valence-electron chi connectivity index (χ1n) is 10.3. The number of hydrogen-bond acceptors (Lipinski definition) is 3. The highest BCUT2D eigenvalue weighted by Crippen LogP contribution is 2.34. The van der Waals surface area contributed by atoms with Gasteiger partial charge < -0.3 is 0 Å². The monoisotopic (exact) mass is 387 g/mol. The smallest absolute Gasteiger partial charge is 0.155 e. The van der Waals surface area contributed by atoms with E-state index < -0.39 is 14.6 Å². The highest BCUT2D eigenvalue weighted by molar-refractivity contribution is 7.92. The summed E-state index contributed by atoms with van der Waals surface area (Å²) in [7, 11) is -2.99. The Bertz CT molecular complexity index is 859. The molecule has 1 saturated carbocycles. The van der Waals surface area contributed by atoms with Crippen LogP contribution >= 0.6 is 0 Å². The van der Waals surface area contributed by atoms with E-state index in [-0.39, 0.29) is 0 Å². The maximum atomic E-state index is 12.4. The van der Waals surface area contributed by atoms with Gasteiger partial charge in [-0.15, -0.1) is 0 Å². The number of sulfone groups is 1. The summed E-state index contributed by atoms with van der Waals surface area (Å²) in [4.78, 5) is 4.77. The zero-order chi connectivity index (χ0) is 19.5.